The highest BCUT2D eigenvalue weighted by atomic mass is 16.6. The zero-order valence-corrected chi connectivity index (χ0v) is 35.4. The molecule has 0 saturated heterocycles. The van der Waals surface area contributed by atoms with Crippen molar-refractivity contribution >= 4 is 46.1 Å². The Morgan fingerprint density at radius 2 is 1.32 bits per heavy atom. The van der Waals surface area contributed by atoms with Crippen molar-refractivity contribution in [2.45, 2.75) is 52.0 Å². The Kier molecular flexibility index (Phi) is 12.4. The van der Waals surface area contributed by atoms with E-state index in [1.54, 1.807) is 56.1 Å². The molecule has 0 spiro atoms. The lowest BCUT2D eigenvalue weighted by Gasteiger charge is -2.41. The predicted octanol–water partition coefficient (Wildman–Crippen LogP) is 9.81. The maximum absolute atomic E-state index is 15.4. The summed E-state index contributed by atoms with van der Waals surface area (Å²) in [6, 6.07) is 48.2. The van der Waals surface area contributed by atoms with Gasteiger partial charge in [-0.1, -0.05) is 103 Å². The van der Waals surface area contributed by atoms with Crippen molar-refractivity contribution in [3.63, 3.8) is 0 Å². The molecule has 11 nitrogen and oxygen atoms in total. The quantitative estimate of drug-likeness (QED) is 0.112. The summed E-state index contributed by atoms with van der Waals surface area (Å²) in [5, 5.41) is 9.53. The van der Waals surface area contributed by atoms with Crippen LogP contribution in [0.2, 0.25) is 0 Å². The zero-order valence-electron chi connectivity index (χ0n) is 35.4. The minimum Gasteiger partial charge on any atom is -0.489 e. The number of fused-ring (bicyclic) bond motifs is 2. The smallest absolute Gasteiger partial charge is 0.407 e. The summed E-state index contributed by atoms with van der Waals surface area (Å²) < 4.78 is 13.7. The van der Waals surface area contributed by atoms with Crippen LogP contribution in [0.5, 0.6) is 5.75 Å². The van der Waals surface area contributed by atoms with E-state index >= 15 is 4.79 Å². The van der Waals surface area contributed by atoms with Gasteiger partial charge in [0.15, 0.2) is 0 Å². The van der Waals surface area contributed by atoms with Gasteiger partial charge in [0.05, 0.1) is 28.2 Å². The third-order valence-corrected chi connectivity index (χ3v) is 11.0. The lowest BCUT2D eigenvalue weighted by molar-refractivity contribution is -0.121. The number of para-hydroxylation sites is 3. The number of carbonyl (C=O) groups is 4. The van der Waals surface area contributed by atoms with Crippen LogP contribution < -0.4 is 20.7 Å². The minimum atomic E-state index is -0.896. The van der Waals surface area contributed by atoms with Crippen LogP contribution in [-0.2, 0) is 29.1 Å². The molecule has 7 aromatic rings. The molecular weight excluding hydrogens is 791 g/mol. The van der Waals surface area contributed by atoms with Gasteiger partial charge >= 0.3 is 6.09 Å². The summed E-state index contributed by atoms with van der Waals surface area (Å²) in [4.78, 5) is 58.7. The SMILES string of the molecule is CC(C)(C)OC(=O)NCC(C(=O)Nc1ccccc1)[C@@H]1Cc2ccccc2CN1C(=O)c1ccccc1-n1cc(C(=O)Nc2ccccc2)c2ccc(OCc3ccccc3)cc21. The number of ether oxygens (including phenoxy) is 2. The van der Waals surface area contributed by atoms with Gasteiger partial charge in [-0.3, -0.25) is 14.4 Å². The fraction of sp³-hybridized carbons (Fsp3) is 0.192. The first-order valence-corrected chi connectivity index (χ1v) is 21.0. The van der Waals surface area contributed by atoms with Gasteiger partial charge in [0.2, 0.25) is 5.91 Å². The monoisotopic (exact) mass is 839 g/mol. The van der Waals surface area contributed by atoms with Crippen LogP contribution in [0.4, 0.5) is 16.2 Å². The highest BCUT2D eigenvalue weighted by Crippen LogP contribution is 2.34. The summed E-state index contributed by atoms with van der Waals surface area (Å²) >= 11 is 0. The molecule has 0 aliphatic carbocycles. The minimum absolute atomic E-state index is 0.0975. The van der Waals surface area contributed by atoms with E-state index in [4.69, 9.17) is 9.47 Å². The Labute approximate surface area is 366 Å². The molecule has 63 heavy (non-hydrogen) atoms. The van der Waals surface area contributed by atoms with Gasteiger partial charge in [-0.05, 0) is 92.4 Å². The molecule has 0 saturated carbocycles. The van der Waals surface area contributed by atoms with Gasteiger partial charge in [0, 0.05) is 48.2 Å². The average molecular weight is 840 g/mol. The molecule has 1 aliphatic heterocycles. The maximum Gasteiger partial charge on any atom is 0.407 e. The second-order valence-corrected chi connectivity index (χ2v) is 16.5. The molecule has 1 unspecified atom stereocenters. The van der Waals surface area contributed by atoms with Gasteiger partial charge in [-0.15, -0.1) is 0 Å². The molecule has 8 rings (SSSR count). The van der Waals surface area contributed by atoms with Crippen LogP contribution in [0, 0.1) is 5.92 Å². The summed E-state index contributed by atoms with van der Waals surface area (Å²) in [6.45, 7) is 5.76. The van der Waals surface area contributed by atoms with Gasteiger partial charge < -0.3 is 34.9 Å². The van der Waals surface area contributed by atoms with Crippen molar-refractivity contribution < 1.29 is 28.7 Å². The first-order chi connectivity index (χ1) is 30.5. The normalized spacial score (nSPS) is 14.0. The number of hydrogen-bond donors (Lipinski definition) is 3. The number of anilines is 2. The van der Waals surface area contributed by atoms with Crippen molar-refractivity contribution in [3.05, 3.63) is 192 Å². The maximum atomic E-state index is 15.4. The lowest BCUT2D eigenvalue weighted by Crippen LogP contribution is -2.54. The summed E-state index contributed by atoms with van der Waals surface area (Å²) in [5.74, 6) is -1.31. The van der Waals surface area contributed by atoms with Crippen LogP contribution in [0.15, 0.2) is 164 Å². The number of amides is 4. The van der Waals surface area contributed by atoms with Gasteiger partial charge in [-0.2, -0.15) is 0 Å². The van der Waals surface area contributed by atoms with E-state index in [1.165, 1.54) is 0 Å². The number of nitrogens with one attached hydrogen (secondary N) is 3. The number of hydrogen-bond acceptors (Lipinski definition) is 6. The molecule has 11 heteroatoms. The largest absolute Gasteiger partial charge is 0.489 e. The van der Waals surface area contributed by atoms with Crippen molar-refractivity contribution in [3.8, 4) is 11.4 Å². The number of benzene rings is 6. The Balaban J connectivity index is 1.20. The van der Waals surface area contributed by atoms with E-state index < -0.39 is 23.7 Å². The molecule has 0 radical (unpaired) electrons. The van der Waals surface area contributed by atoms with Crippen LogP contribution >= 0.6 is 0 Å². The third-order valence-electron chi connectivity index (χ3n) is 11.0. The Morgan fingerprint density at radius 1 is 0.698 bits per heavy atom. The van der Waals surface area contributed by atoms with Crippen LogP contribution in [0.3, 0.4) is 0 Å². The first kappa shape index (κ1) is 42.0. The molecular formula is C52H49N5O6. The second kappa shape index (κ2) is 18.5. The molecule has 0 fully saturated rings. The van der Waals surface area contributed by atoms with Gasteiger partial charge in [0.1, 0.15) is 18.0 Å². The predicted molar refractivity (Wildman–Crippen MR) is 245 cm³/mol. The van der Waals surface area contributed by atoms with E-state index in [0.717, 1.165) is 16.7 Å². The molecule has 2 atom stereocenters. The van der Waals surface area contributed by atoms with Crippen molar-refractivity contribution in [1.29, 1.82) is 0 Å². The van der Waals surface area contributed by atoms with E-state index in [-0.39, 0.29) is 30.8 Å². The van der Waals surface area contributed by atoms with E-state index in [1.807, 2.05) is 138 Å². The first-order valence-electron chi connectivity index (χ1n) is 21.0. The second-order valence-electron chi connectivity index (χ2n) is 16.5. The fourth-order valence-electron chi connectivity index (χ4n) is 7.95. The van der Waals surface area contributed by atoms with Gasteiger partial charge in [0.25, 0.3) is 11.8 Å². The molecule has 6 aromatic carbocycles. The Morgan fingerprint density at radius 3 is 2.02 bits per heavy atom. The highest BCUT2D eigenvalue weighted by molar-refractivity contribution is 6.13. The van der Waals surface area contributed by atoms with Crippen LogP contribution in [-0.4, -0.2) is 51.5 Å². The lowest BCUT2D eigenvalue weighted by atomic mass is 9.85. The van der Waals surface area contributed by atoms with E-state index in [2.05, 4.69) is 16.0 Å². The summed E-state index contributed by atoms with van der Waals surface area (Å²) in [7, 11) is 0. The number of nitrogens with zero attached hydrogens (tertiary/aromatic N) is 2. The van der Waals surface area contributed by atoms with Crippen LogP contribution in [0.1, 0.15) is 58.2 Å². The molecule has 1 aliphatic rings. The summed E-state index contributed by atoms with van der Waals surface area (Å²) in [5.41, 5.74) is 5.36. The summed E-state index contributed by atoms with van der Waals surface area (Å²) in [6.07, 6.45) is 1.43. The van der Waals surface area contributed by atoms with E-state index in [0.29, 0.717) is 57.9 Å². The number of rotatable bonds is 12. The third kappa shape index (κ3) is 9.95. The Hall–Kier alpha value is -7.66. The molecule has 1 aromatic heterocycles. The molecule has 3 N–H and O–H groups in total. The molecule has 318 valence electrons. The molecule has 4 amide bonds. The van der Waals surface area contributed by atoms with Gasteiger partial charge in [-0.25, -0.2) is 4.79 Å². The molecule has 0 bridgehead atoms. The number of carbonyl (C=O) groups excluding carboxylic acids is 4. The standard InChI is InChI=1S/C52H49N5O6/c1-52(2,3)63-51(61)53-31-43(48(58)54-38-21-9-5-10-22-38)46-29-36-19-13-14-20-37(36)32-57(46)50(60)42-25-15-16-26-45(42)56-33-44(49(59)55-39-23-11-6-12-24-39)41-28-27-40(30-47(41)56)62-34-35-17-7-4-8-18-35/h4-28,30,33,43,46H,29,31-32,34H2,1-3H3,(H,53,61)(H,54,58)(H,55,59)/t43?,46-/m0/s1. The average Bonchev–Trinajstić information content (AvgIpc) is 3.67. The number of aromatic nitrogens is 1. The highest BCUT2D eigenvalue weighted by Gasteiger charge is 2.40. The number of alkyl carbamates (subject to hydrolysis) is 1. The topological polar surface area (TPSA) is 131 Å². The zero-order chi connectivity index (χ0) is 43.9. The molecule has 2 heterocycles. The van der Waals surface area contributed by atoms with Crippen molar-refractivity contribution in [2.75, 3.05) is 17.2 Å². The van der Waals surface area contributed by atoms with E-state index in [9.17, 15) is 14.4 Å². The van der Waals surface area contributed by atoms with Crippen molar-refractivity contribution in [2.24, 2.45) is 5.92 Å². The van der Waals surface area contributed by atoms with Crippen molar-refractivity contribution in [1.82, 2.24) is 14.8 Å². The van der Waals surface area contributed by atoms with Crippen LogP contribution in [0.25, 0.3) is 16.6 Å². The fourth-order valence-corrected chi connectivity index (χ4v) is 7.95. The Bertz CT molecular complexity index is 2750.